The number of aryl methyl sites for hydroxylation is 2. The van der Waals surface area contributed by atoms with Gasteiger partial charge in [-0.05, 0) is 49.3 Å². The summed E-state index contributed by atoms with van der Waals surface area (Å²) in [5, 5.41) is 7.07. The average molecular weight is 341 g/mol. The van der Waals surface area contributed by atoms with E-state index in [9.17, 15) is 4.79 Å². The highest BCUT2D eigenvalue weighted by Gasteiger charge is 2.28. The van der Waals surface area contributed by atoms with Gasteiger partial charge < -0.3 is 11.1 Å². The molecule has 1 aliphatic carbocycles. The Labute approximate surface area is 148 Å². The Kier molecular flexibility index (Phi) is 5.18. The van der Waals surface area contributed by atoms with Gasteiger partial charge >= 0.3 is 0 Å². The lowest BCUT2D eigenvalue weighted by molar-refractivity contribution is -0.118. The highest BCUT2D eigenvalue weighted by atomic mass is 16.2. The Balaban J connectivity index is 1.67. The maximum absolute atomic E-state index is 12.5. The number of nitrogens with zero attached hydrogens (tertiary/aromatic N) is 3. The van der Waals surface area contributed by atoms with Gasteiger partial charge in [0.2, 0.25) is 5.91 Å². The number of nitrogens with one attached hydrogen (secondary N) is 1. The predicted octanol–water partition coefficient (Wildman–Crippen LogP) is 2.88. The summed E-state index contributed by atoms with van der Waals surface area (Å²) < 4.78 is 1.81. The molecule has 3 N–H and O–H groups in total. The van der Waals surface area contributed by atoms with Crippen LogP contribution in [0, 0.1) is 18.8 Å². The van der Waals surface area contributed by atoms with Crippen LogP contribution in [0.2, 0.25) is 0 Å². The topological polar surface area (TPSA) is 85.8 Å². The molecule has 0 spiro atoms. The molecular weight excluding hydrogens is 314 g/mol. The van der Waals surface area contributed by atoms with Crippen LogP contribution in [0.5, 0.6) is 0 Å². The van der Waals surface area contributed by atoms with Crippen LogP contribution in [0.25, 0.3) is 11.3 Å². The quantitative estimate of drug-likeness (QED) is 0.895. The highest BCUT2D eigenvalue weighted by Crippen LogP contribution is 2.30. The molecule has 0 aromatic carbocycles. The zero-order valence-corrected chi connectivity index (χ0v) is 15.2. The van der Waals surface area contributed by atoms with Crippen LogP contribution in [0.15, 0.2) is 24.5 Å². The molecule has 0 saturated heterocycles. The van der Waals surface area contributed by atoms with Gasteiger partial charge in [0.1, 0.15) is 5.82 Å². The van der Waals surface area contributed by atoms with E-state index in [0.29, 0.717) is 5.82 Å². The largest absolute Gasteiger partial charge is 0.320 e. The molecule has 1 saturated carbocycles. The lowest BCUT2D eigenvalue weighted by atomic mass is 9.79. The van der Waals surface area contributed by atoms with Crippen molar-refractivity contribution in [3.05, 3.63) is 30.1 Å². The number of carbonyl (C=O) groups excluding carboxylic acids is 1. The third-order valence-electron chi connectivity index (χ3n) is 5.33. The Hall–Kier alpha value is -2.21. The fraction of sp³-hybridized carbons (Fsp3) is 0.526. The molecule has 6 heteroatoms. The van der Waals surface area contributed by atoms with E-state index < -0.39 is 6.04 Å². The van der Waals surface area contributed by atoms with E-state index in [1.807, 2.05) is 30.8 Å². The van der Waals surface area contributed by atoms with Gasteiger partial charge in [-0.1, -0.05) is 19.8 Å². The minimum absolute atomic E-state index is 0.139. The fourth-order valence-electron chi connectivity index (χ4n) is 3.60. The number of pyridine rings is 1. The van der Waals surface area contributed by atoms with Gasteiger partial charge in [0.05, 0.1) is 11.7 Å². The molecule has 2 heterocycles. The van der Waals surface area contributed by atoms with Crippen LogP contribution in [-0.4, -0.2) is 26.7 Å². The molecule has 0 bridgehead atoms. The number of aromatic nitrogens is 3. The molecule has 134 valence electrons. The fourth-order valence-corrected chi connectivity index (χ4v) is 3.60. The van der Waals surface area contributed by atoms with Crippen molar-refractivity contribution in [2.45, 2.75) is 45.6 Å². The van der Waals surface area contributed by atoms with Gasteiger partial charge in [-0.2, -0.15) is 5.10 Å². The monoisotopic (exact) mass is 341 g/mol. The Morgan fingerprint density at radius 1 is 1.36 bits per heavy atom. The molecule has 1 atom stereocenters. The summed E-state index contributed by atoms with van der Waals surface area (Å²) >= 11 is 0. The number of anilines is 1. The first-order valence-corrected chi connectivity index (χ1v) is 8.97. The lowest BCUT2D eigenvalue weighted by Gasteiger charge is -2.29. The van der Waals surface area contributed by atoms with E-state index in [2.05, 4.69) is 22.3 Å². The number of nitrogens with two attached hydrogens (primary N) is 1. The molecule has 6 nitrogen and oxygen atoms in total. The average Bonchev–Trinajstić information content (AvgIpc) is 3.01. The van der Waals surface area contributed by atoms with E-state index in [0.717, 1.165) is 48.4 Å². The molecule has 0 radical (unpaired) electrons. The number of amides is 1. The maximum atomic E-state index is 12.5. The molecule has 3 rings (SSSR count). The van der Waals surface area contributed by atoms with Crippen molar-refractivity contribution in [3.8, 4) is 11.3 Å². The Bertz CT molecular complexity index is 746. The summed E-state index contributed by atoms with van der Waals surface area (Å²) in [5.41, 5.74) is 9.23. The van der Waals surface area contributed by atoms with E-state index in [1.54, 1.807) is 12.4 Å². The van der Waals surface area contributed by atoms with Gasteiger partial charge in [-0.25, -0.2) is 4.98 Å². The minimum atomic E-state index is -0.466. The first-order valence-electron chi connectivity index (χ1n) is 8.97. The summed E-state index contributed by atoms with van der Waals surface area (Å²) in [7, 11) is 1.90. The predicted molar refractivity (Wildman–Crippen MR) is 98.9 cm³/mol. The van der Waals surface area contributed by atoms with E-state index in [4.69, 9.17) is 5.73 Å². The molecule has 2 aromatic rings. The van der Waals surface area contributed by atoms with E-state index in [-0.39, 0.29) is 11.8 Å². The second-order valence-corrected chi connectivity index (χ2v) is 7.26. The van der Waals surface area contributed by atoms with Crippen molar-refractivity contribution < 1.29 is 4.79 Å². The van der Waals surface area contributed by atoms with Crippen molar-refractivity contribution >= 4 is 11.7 Å². The maximum Gasteiger partial charge on any atom is 0.242 e. The molecule has 2 aromatic heterocycles. The van der Waals surface area contributed by atoms with Gasteiger partial charge in [-0.3, -0.25) is 9.48 Å². The first-order chi connectivity index (χ1) is 12.0. The molecule has 1 aliphatic rings. The van der Waals surface area contributed by atoms with E-state index in [1.165, 1.54) is 0 Å². The minimum Gasteiger partial charge on any atom is -0.320 e. The van der Waals surface area contributed by atoms with Crippen LogP contribution >= 0.6 is 0 Å². The van der Waals surface area contributed by atoms with Gasteiger partial charge in [-0.15, -0.1) is 0 Å². The number of carbonyl (C=O) groups is 1. The summed E-state index contributed by atoms with van der Waals surface area (Å²) in [5.74, 6) is 1.43. The highest BCUT2D eigenvalue weighted by molar-refractivity contribution is 5.94. The van der Waals surface area contributed by atoms with E-state index >= 15 is 0 Å². The van der Waals surface area contributed by atoms with Crippen LogP contribution in [0.4, 0.5) is 5.82 Å². The zero-order chi connectivity index (χ0) is 18.0. The smallest absolute Gasteiger partial charge is 0.242 e. The molecule has 1 amide bonds. The molecule has 25 heavy (non-hydrogen) atoms. The second-order valence-electron chi connectivity index (χ2n) is 7.26. The van der Waals surface area contributed by atoms with Gasteiger partial charge in [0.15, 0.2) is 0 Å². The summed E-state index contributed by atoms with van der Waals surface area (Å²) in [6, 6.07) is 3.37. The summed E-state index contributed by atoms with van der Waals surface area (Å²) in [6.07, 6.45) is 7.90. The van der Waals surface area contributed by atoms with Crippen molar-refractivity contribution in [3.63, 3.8) is 0 Å². The normalized spacial score (nSPS) is 21.8. The number of hydrogen-bond acceptors (Lipinski definition) is 4. The Morgan fingerprint density at radius 3 is 2.68 bits per heavy atom. The Morgan fingerprint density at radius 2 is 2.08 bits per heavy atom. The van der Waals surface area contributed by atoms with Gasteiger partial charge in [0.25, 0.3) is 0 Å². The molecular formula is C19H27N5O. The van der Waals surface area contributed by atoms with Crippen molar-refractivity contribution in [2.75, 3.05) is 5.32 Å². The summed E-state index contributed by atoms with van der Waals surface area (Å²) in [4.78, 5) is 16.9. The second kappa shape index (κ2) is 7.35. The van der Waals surface area contributed by atoms with Crippen molar-refractivity contribution in [1.82, 2.24) is 14.8 Å². The SMILES string of the molecule is Cc1cc(NC(=O)[C@@H](N)C2CCC(C)CC2)ncc1-c1ccnn1C. The van der Waals surface area contributed by atoms with Crippen LogP contribution in [0.3, 0.4) is 0 Å². The van der Waals surface area contributed by atoms with Crippen molar-refractivity contribution in [1.29, 1.82) is 0 Å². The third kappa shape index (κ3) is 3.90. The first kappa shape index (κ1) is 17.6. The van der Waals surface area contributed by atoms with Crippen LogP contribution in [0.1, 0.15) is 38.2 Å². The zero-order valence-electron chi connectivity index (χ0n) is 15.2. The van der Waals surface area contributed by atoms with Crippen LogP contribution < -0.4 is 11.1 Å². The molecule has 0 unspecified atom stereocenters. The summed E-state index contributed by atoms with van der Waals surface area (Å²) in [6.45, 7) is 4.26. The van der Waals surface area contributed by atoms with Gasteiger partial charge in [0, 0.05) is 25.0 Å². The number of hydrogen-bond donors (Lipinski definition) is 2. The third-order valence-corrected chi connectivity index (χ3v) is 5.33. The van der Waals surface area contributed by atoms with Crippen LogP contribution in [-0.2, 0) is 11.8 Å². The van der Waals surface area contributed by atoms with Crippen molar-refractivity contribution in [2.24, 2.45) is 24.6 Å². The number of rotatable bonds is 4. The molecule has 1 fully saturated rings. The molecule has 0 aliphatic heterocycles. The standard InChI is InChI=1S/C19H27N5O/c1-12-4-6-14(7-5-12)18(20)19(25)23-17-10-13(2)15(11-21-17)16-8-9-22-24(16)3/h8-12,14,18H,4-7,20H2,1-3H3,(H,21,23,25)/t12?,14?,18-/m0/s1. The lowest BCUT2D eigenvalue weighted by Crippen LogP contribution is -2.43.